The van der Waals surface area contributed by atoms with Gasteiger partial charge >= 0.3 is 6.18 Å². The third kappa shape index (κ3) is 8.05. The highest BCUT2D eigenvalue weighted by Crippen LogP contribution is 2.39. The van der Waals surface area contributed by atoms with Crippen LogP contribution in [0.3, 0.4) is 0 Å². The molecule has 0 saturated carbocycles. The van der Waals surface area contributed by atoms with E-state index in [0.717, 1.165) is 12.1 Å². The number of carbonyl (C=O) groups excluding carboxylic acids is 1. The molecule has 1 aliphatic heterocycles. The first-order chi connectivity index (χ1) is 21.2. The summed E-state index contributed by atoms with van der Waals surface area (Å²) in [7, 11) is 1.49. The molecule has 240 valence electrons. The van der Waals surface area contributed by atoms with Gasteiger partial charge in [-0.2, -0.15) is 13.2 Å². The van der Waals surface area contributed by atoms with Gasteiger partial charge in [0.1, 0.15) is 23.4 Å². The van der Waals surface area contributed by atoms with Crippen molar-refractivity contribution in [2.75, 3.05) is 25.6 Å². The molecule has 0 radical (unpaired) electrons. The second-order valence-corrected chi connectivity index (χ2v) is 10.9. The number of hydrazine groups is 1. The number of hydrogen-bond donors (Lipinski definition) is 4. The minimum absolute atomic E-state index is 0.0234. The molecule has 0 unspecified atom stereocenters. The number of nitrogens with one attached hydrogen (secondary N) is 1. The SMILES string of the molecule is C=CC(=O)N1CCC(Oc2cc(C(N)=Nc3ccc(Oc4cccc(C(F)(F)F)c4)cc3C(C)(C)O)c(NN)cc2OC)CC1. The Balaban J connectivity index is 1.65. The van der Waals surface area contributed by atoms with E-state index in [9.17, 15) is 23.1 Å². The number of aliphatic hydroxyl groups is 1. The number of methoxy groups -OCH3 is 1. The summed E-state index contributed by atoms with van der Waals surface area (Å²) in [6, 6.07) is 12.3. The topological polar surface area (TPSA) is 145 Å². The van der Waals surface area contributed by atoms with Gasteiger partial charge < -0.3 is 35.4 Å². The van der Waals surface area contributed by atoms with Crippen molar-refractivity contribution in [3.8, 4) is 23.0 Å². The Morgan fingerprint density at radius 1 is 1.09 bits per heavy atom. The van der Waals surface area contributed by atoms with Gasteiger partial charge in [0.2, 0.25) is 5.91 Å². The Morgan fingerprint density at radius 2 is 1.78 bits per heavy atom. The zero-order valence-electron chi connectivity index (χ0n) is 25.1. The summed E-state index contributed by atoms with van der Waals surface area (Å²) in [5.41, 5.74) is 8.16. The smallest absolute Gasteiger partial charge is 0.416 e. The van der Waals surface area contributed by atoms with E-state index < -0.39 is 17.3 Å². The van der Waals surface area contributed by atoms with Crippen LogP contribution in [0.2, 0.25) is 0 Å². The fourth-order valence-corrected chi connectivity index (χ4v) is 4.87. The molecule has 0 aromatic heterocycles. The molecule has 4 rings (SSSR count). The third-order valence-electron chi connectivity index (χ3n) is 7.22. The van der Waals surface area contributed by atoms with E-state index in [1.165, 1.54) is 57.4 Å². The molecule has 45 heavy (non-hydrogen) atoms. The summed E-state index contributed by atoms with van der Waals surface area (Å²) >= 11 is 0. The number of amides is 1. The number of piperidine rings is 1. The van der Waals surface area contributed by atoms with Gasteiger partial charge in [0, 0.05) is 43.1 Å². The largest absolute Gasteiger partial charge is 0.493 e. The molecule has 1 fully saturated rings. The van der Waals surface area contributed by atoms with Gasteiger partial charge in [-0.3, -0.25) is 10.6 Å². The van der Waals surface area contributed by atoms with Crippen LogP contribution in [0.15, 0.2) is 72.2 Å². The van der Waals surface area contributed by atoms with Crippen molar-refractivity contribution in [2.24, 2.45) is 16.6 Å². The summed E-state index contributed by atoms with van der Waals surface area (Å²) in [6.45, 7) is 7.64. The summed E-state index contributed by atoms with van der Waals surface area (Å²) in [4.78, 5) is 18.2. The van der Waals surface area contributed by atoms with Gasteiger partial charge in [-0.15, -0.1) is 0 Å². The fourth-order valence-electron chi connectivity index (χ4n) is 4.87. The van der Waals surface area contributed by atoms with Crippen LogP contribution in [0.4, 0.5) is 24.5 Å². The van der Waals surface area contributed by atoms with Crippen molar-refractivity contribution in [2.45, 2.75) is 44.6 Å². The number of amidine groups is 1. The first-order valence-corrected chi connectivity index (χ1v) is 14.1. The average Bonchev–Trinajstić information content (AvgIpc) is 3.00. The molecule has 3 aromatic rings. The molecular formula is C32H36F3N5O5. The number of benzene rings is 3. The number of nitrogen functional groups attached to an aromatic ring is 1. The van der Waals surface area contributed by atoms with E-state index in [2.05, 4.69) is 17.0 Å². The number of nitrogens with zero attached hydrogens (tertiary/aromatic N) is 2. The predicted molar refractivity (Wildman–Crippen MR) is 165 cm³/mol. The van der Waals surface area contributed by atoms with Gasteiger partial charge in [0.15, 0.2) is 11.5 Å². The van der Waals surface area contributed by atoms with E-state index in [-0.39, 0.29) is 35.0 Å². The van der Waals surface area contributed by atoms with Crippen LogP contribution in [0.5, 0.6) is 23.0 Å². The van der Waals surface area contributed by atoms with Crippen LogP contribution in [-0.4, -0.2) is 48.1 Å². The van der Waals surface area contributed by atoms with Crippen molar-refractivity contribution in [3.05, 3.63) is 83.9 Å². The van der Waals surface area contributed by atoms with Crippen LogP contribution in [0.25, 0.3) is 0 Å². The first-order valence-electron chi connectivity index (χ1n) is 14.1. The standard InChI is InChI=1S/C32H36F3N5O5/c1-5-29(41)40-13-11-20(12-14-40)45-28-17-23(26(39-37)18-27(28)43-4)30(36)38-25-10-9-22(16-24(25)31(2,3)42)44-21-8-6-7-19(15-21)32(33,34)35/h5-10,15-18,20,39,42H,1,11-14,37H2,2-4H3,(H2,36,38). The zero-order valence-corrected chi connectivity index (χ0v) is 25.1. The Labute approximate surface area is 259 Å². The van der Waals surface area contributed by atoms with Crippen molar-refractivity contribution in [1.82, 2.24) is 4.90 Å². The maximum absolute atomic E-state index is 13.2. The molecule has 1 saturated heterocycles. The quantitative estimate of drug-likeness (QED) is 0.0746. The number of hydrogen-bond acceptors (Lipinski definition) is 8. The van der Waals surface area contributed by atoms with E-state index in [0.29, 0.717) is 54.2 Å². The number of carbonyl (C=O) groups is 1. The van der Waals surface area contributed by atoms with Crippen LogP contribution in [0, 0.1) is 0 Å². The van der Waals surface area contributed by atoms with Gasteiger partial charge in [-0.05, 0) is 62.4 Å². The van der Waals surface area contributed by atoms with E-state index >= 15 is 0 Å². The lowest BCUT2D eigenvalue weighted by atomic mass is 9.96. The van der Waals surface area contributed by atoms with Crippen molar-refractivity contribution in [3.63, 3.8) is 0 Å². The van der Waals surface area contributed by atoms with E-state index in [4.69, 9.17) is 25.8 Å². The monoisotopic (exact) mass is 627 g/mol. The molecule has 1 amide bonds. The van der Waals surface area contributed by atoms with Crippen LogP contribution in [-0.2, 0) is 16.6 Å². The van der Waals surface area contributed by atoms with E-state index in [1.54, 1.807) is 17.0 Å². The normalized spacial score (nSPS) is 14.6. The van der Waals surface area contributed by atoms with Gasteiger partial charge in [0.05, 0.1) is 29.6 Å². The number of nitrogens with two attached hydrogens (primary N) is 2. The van der Waals surface area contributed by atoms with Crippen LogP contribution >= 0.6 is 0 Å². The minimum atomic E-state index is -4.53. The summed E-state index contributed by atoms with van der Waals surface area (Å²) in [5.74, 6) is 6.66. The Kier molecular flexibility index (Phi) is 9.94. The summed E-state index contributed by atoms with van der Waals surface area (Å²) in [5, 5.41) is 10.9. The number of rotatable bonds is 10. The molecular weight excluding hydrogens is 591 g/mol. The number of halogens is 3. The lowest BCUT2D eigenvalue weighted by Crippen LogP contribution is -2.41. The van der Waals surface area contributed by atoms with Gasteiger partial charge in [-0.25, -0.2) is 4.99 Å². The Morgan fingerprint density at radius 3 is 2.38 bits per heavy atom. The second-order valence-electron chi connectivity index (χ2n) is 10.9. The first kappa shape index (κ1) is 33.1. The lowest BCUT2D eigenvalue weighted by molar-refractivity contribution is -0.137. The molecule has 0 spiro atoms. The second kappa shape index (κ2) is 13.5. The van der Waals surface area contributed by atoms with Gasteiger partial charge in [-0.1, -0.05) is 12.6 Å². The molecule has 6 N–H and O–H groups in total. The number of ether oxygens (including phenoxy) is 3. The Hall–Kier alpha value is -4.75. The predicted octanol–water partition coefficient (Wildman–Crippen LogP) is 5.61. The number of likely N-dealkylation sites (tertiary alicyclic amines) is 1. The number of aliphatic imine (C=N–C) groups is 1. The number of alkyl halides is 3. The molecule has 1 aliphatic rings. The van der Waals surface area contributed by atoms with E-state index in [1.807, 2.05) is 0 Å². The van der Waals surface area contributed by atoms with Crippen LogP contribution in [0.1, 0.15) is 43.4 Å². The zero-order chi connectivity index (χ0) is 32.9. The molecule has 10 nitrogen and oxygen atoms in total. The molecule has 3 aromatic carbocycles. The molecule has 1 heterocycles. The fraction of sp³-hybridized carbons (Fsp3) is 0.312. The molecule has 0 bridgehead atoms. The third-order valence-corrected chi connectivity index (χ3v) is 7.22. The minimum Gasteiger partial charge on any atom is -0.493 e. The molecule has 13 heteroatoms. The highest BCUT2D eigenvalue weighted by atomic mass is 19.4. The highest BCUT2D eigenvalue weighted by Gasteiger charge is 2.31. The average molecular weight is 628 g/mol. The van der Waals surface area contributed by atoms with Crippen LogP contribution < -0.4 is 31.2 Å². The maximum atomic E-state index is 13.2. The van der Waals surface area contributed by atoms with Crippen molar-refractivity contribution >= 4 is 23.1 Å². The Bertz CT molecular complexity index is 1580. The van der Waals surface area contributed by atoms with Gasteiger partial charge in [0.25, 0.3) is 0 Å². The summed E-state index contributed by atoms with van der Waals surface area (Å²) < 4.78 is 57.0. The van der Waals surface area contributed by atoms with Crippen molar-refractivity contribution < 1.29 is 37.3 Å². The molecule has 0 atom stereocenters. The summed E-state index contributed by atoms with van der Waals surface area (Å²) in [6.07, 6.45) is -2.23. The highest BCUT2D eigenvalue weighted by molar-refractivity contribution is 6.04. The van der Waals surface area contributed by atoms with Crippen molar-refractivity contribution in [1.29, 1.82) is 0 Å². The number of anilines is 1. The molecule has 0 aliphatic carbocycles. The maximum Gasteiger partial charge on any atom is 0.416 e. The lowest BCUT2D eigenvalue weighted by Gasteiger charge is -2.32.